The molecule has 206 valence electrons. The van der Waals surface area contributed by atoms with Gasteiger partial charge in [0.05, 0.1) is 22.8 Å². The van der Waals surface area contributed by atoms with Gasteiger partial charge >= 0.3 is 18.1 Å². The minimum atomic E-state index is -5.08. The van der Waals surface area contributed by atoms with Gasteiger partial charge < -0.3 is 24.7 Å². The Kier molecular flexibility index (Phi) is 11.6. The highest BCUT2D eigenvalue weighted by Crippen LogP contribution is 2.28. The molecule has 1 aromatic heterocycles. The van der Waals surface area contributed by atoms with Gasteiger partial charge in [-0.15, -0.1) is 0 Å². The fourth-order valence-electron chi connectivity index (χ4n) is 2.72. The molecule has 0 bridgehead atoms. The van der Waals surface area contributed by atoms with Gasteiger partial charge in [0.15, 0.2) is 5.82 Å². The maximum atomic E-state index is 12.9. The van der Waals surface area contributed by atoms with Crippen molar-refractivity contribution in [3.8, 4) is 5.75 Å². The molecule has 1 heterocycles. The Hall–Kier alpha value is -3.59. The smallest absolute Gasteiger partial charge is 0.490 e. The van der Waals surface area contributed by atoms with E-state index in [9.17, 15) is 31.5 Å². The number of carbonyl (C=O) groups is 2. The third kappa shape index (κ3) is 10.1. The number of benzene rings is 1. The summed E-state index contributed by atoms with van der Waals surface area (Å²) < 4.78 is 65.4. The van der Waals surface area contributed by atoms with Crippen LogP contribution in [0.4, 0.5) is 24.7 Å². The average molecular weight is 551 g/mol. The molecule has 2 aromatic rings. The lowest BCUT2D eigenvalue weighted by Crippen LogP contribution is -2.33. The highest BCUT2D eigenvalue weighted by Gasteiger charge is 2.38. The van der Waals surface area contributed by atoms with Crippen molar-refractivity contribution in [3.63, 3.8) is 0 Å². The molecule has 0 saturated heterocycles. The van der Waals surface area contributed by atoms with Crippen molar-refractivity contribution in [2.24, 2.45) is 0 Å². The van der Waals surface area contributed by atoms with E-state index in [-0.39, 0.29) is 16.1 Å². The Morgan fingerprint density at radius 1 is 1.08 bits per heavy atom. The van der Waals surface area contributed by atoms with E-state index in [1.807, 2.05) is 37.7 Å². The van der Waals surface area contributed by atoms with Crippen LogP contribution in [0.1, 0.15) is 24.2 Å². The number of hydrogen-bond donors (Lipinski definition) is 3. The molecular weight excluding hydrogens is 521 g/mol. The molecule has 0 amide bonds. The molecule has 0 aliphatic carbocycles. The fraction of sp³-hybridized carbons (Fsp3) is 0.409. The number of aromatic nitrogens is 1. The molecule has 2 rings (SSSR count). The first kappa shape index (κ1) is 31.4. The second kappa shape index (κ2) is 13.6. The van der Waals surface area contributed by atoms with E-state index in [4.69, 9.17) is 14.6 Å². The first-order valence-electron chi connectivity index (χ1n) is 10.8. The highest BCUT2D eigenvalue weighted by molar-refractivity contribution is 7.92. The molecule has 0 radical (unpaired) electrons. The first-order chi connectivity index (χ1) is 17.1. The molecule has 0 atom stereocenters. The highest BCUT2D eigenvalue weighted by atomic mass is 32.2. The minimum absolute atomic E-state index is 0.0361. The van der Waals surface area contributed by atoms with Crippen molar-refractivity contribution in [2.75, 3.05) is 50.0 Å². The normalized spacial score (nSPS) is 11.4. The van der Waals surface area contributed by atoms with Crippen LogP contribution in [0, 0.1) is 0 Å². The number of halogens is 3. The fourth-order valence-corrected chi connectivity index (χ4v) is 3.77. The van der Waals surface area contributed by atoms with E-state index in [1.54, 1.807) is 12.1 Å². The van der Waals surface area contributed by atoms with Crippen LogP contribution < -0.4 is 14.4 Å². The van der Waals surface area contributed by atoms with Crippen molar-refractivity contribution < 1.29 is 46.1 Å². The number of aromatic carboxylic acids is 1. The van der Waals surface area contributed by atoms with Crippen LogP contribution in [-0.4, -0.2) is 87.0 Å². The summed E-state index contributed by atoms with van der Waals surface area (Å²) in [5.41, 5.74) is 0.0104. The Morgan fingerprint density at radius 2 is 1.65 bits per heavy atom. The van der Waals surface area contributed by atoms with Gasteiger partial charge in [-0.1, -0.05) is 0 Å². The Balaban J connectivity index is 0.000000856. The van der Waals surface area contributed by atoms with Crippen LogP contribution in [0.15, 0.2) is 41.4 Å². The van der Waals surface area contributed by atoms with Gasteiger partial charge in [-0.25, -0.2) is 23.0 Å². The number of aliphatic carboxylic acids is 1. The second-order valence-corrected chi connectivity index (χ2v) is 9.28. The van der Waals surface area contributed by atoms with Gasteiger partial charge in [-0.05, 0) is 58.3 Å². The van der Waals surface area contributed by atoms with Gasteiger partial charge in [-0.3, -0.25) is 4.72 Å². The van der Waals surface area contributed by atoms with Gasteiger partial charge in [-0.2, -0.15) is 13.2 Å². The monoisotopic (exact) mass is 550 g/mol. The quantitative estimate of drug-likeness (QED) is 0.381. The van der Waals surface area contributed by atoms with Gasteiger partial charge in [0.25, 0.3) is 10.0 Å². The van der Waals surface area contributed by atoms with Crippen molar-refractivity contribution in [3.05, 3.63) is 42.1 Å². The summed E-state index contributed by atoms with van der Waals surface area (Å²) in [5.74, 6) is -3.01. The van der Waals surface area contributed by atoms with E-state index in [1.165, 1.54) is 24.4 Å². The summed E-state index contributed by atoms with van der Waals surface area (Å²) in [4.78, 5) is 28.5. The van der Waals surface area contributed by atoms with Crippen LogP contribution in [0.5, 0.6) is 5.75 Å². The van der Waals surface area contributed by atoms with E-state index in [2.05, 4.69) is 9.71 Å². The number of nitrogens with zero attached hydrogens (tertiary/aromatic N) is 3. The molecule has 1 aromatic carbocycles. The maximum Gasteiger partial charge on any atom is 0.490 e. The Morgan fingerprint density at radius 3 is 2.08 bits per heavy atom. The van der Waals surface area contributed by atoms with Gasteiger partial charge in [0, 0.05) is 25.8 Å². The SMILES string of the molecule is CCOc1ccc(S(=O)(=O)Nc2cc(C(=O)O)cnc2N(CC)CCN(C)C)cc1.O=C(O)C(F)(F)F. The van der Waals surface area contributed by atoms with E-state index in [0.717, 1.165) is 6.54 Å². The third-order valence-corrected chi connectivity index (χ3v) is 5.93. The van der Waals surface area contributed by atoms with Gasteiger partial charge in [0.1, 0.15) is 5.75 Å². The lowest BCUT2D eigenvalue weighted by Gasteiger charge is -2.26. The summed E-state index contributed by atoms with van der Waals surface area (Å²) in [7, 11) is -0.0889. The number of sulfonamides is 1. The van der Waals surface area contributed by atoms with E-state index >= 15 is 0 Å². The number of anilines is 2. The molecule has 0 spiro atoms. The van der Waals surface area contributed by atoms with E-state index in [0.29, 0.717) is 31.3 Å². The number of carboxylic acids is 2. The molecule has 15 heteroatoms. The number of ether oxygens (including phenoxy) is 1. The van der Waals surface area contributed by atoms with Crippen LogP contribution in [-0.2, 0) is 14.8 Å². The molecule has 0 saturated carbocycles. The number of hydrogen-bond acceptors (Lipinski definition) is 8. The van der Waals surface area contributed by atoms with Crippen LogP contribution in [0.3, 0.4) is 0 Å². The number of carboxylic acid groups (broad SMARTS) is 2. The van der Waals surface area contributed by atoms with Gasteiger partial charge in [0.2, 0.25) is 0 Å². The number of likely N-dealkylation sites (N-methyl/N-ethyl adjacent to an activating group) is 2. The van der Waals surface area contributed by atoms with Crippen molar-refractivity contribution in [2.45, 2.75) is 24.9 Å². The zero-order valence-electron chi connectivity index (χ0n) is 20.6. The Labute approximate surface area is 212 Å². The second-order valence-electron chi connectivity index (χ2n) is 7.60. The lowest BCUT2D eigenvalue weighted by atomic mass is 10.2. The molecule has 3 N–H and O–H groups in total. The summed E-state index contributed by atoms with van der Waals surface area (Å²) >= 11 is 0. The number of alkyl halides is 3. The largest absolute Gasteiger partial charge is 0.494 e. The predicted molar refractivity (Wildman–Crippen MR) is 130 cm³/mol. The van der Waals surface area contributed by atoms with E-state index < -0.39 is 28.1 Å². The van der Waals surface area contributed by atoms with Crippen LogP contribution >= 0.6 is 0 Å². The summed E-state index contributed by atoms with van der Waals surface area (Å²) in [6.07, 6.45) is -3.86. The topological polar surface area (TPSA) is 149 Å². The van der Waals surface area contributed by atoms with Crippen molar-refractivity contribution in [1.82, 2.24) is 9.88 Å². The standard InChI is InChI=1S/C20H28N4O5S.C2HF3O2/c1-5-24(12-11-23(3)4)19-18(13-15(14-21-19)20(25)26)22-30(27,28)17-9-7-16(8-10-17)29-6-2;3-2(4,5)1(6)7/h7-10,13-14,22H,5-6,11-12H2,1-4H3,(H,25,26);(H,6,7). The molecule has 0 aliphatic rings. The average Bonchev–Trinajstić information content (AvgIpc) is 2.80. The number of nitrogens with one attached hydrogen (secondary N) is 1. The molecule has 0 unspecified atom stereocenters. The zero-order chi connectivity index (χ0) is 28.4. The zero-order valence-corrected chi connectivity index (χ0v) is 21.4. The molecule has 0 aliphatic heterocycles. The molecule has 37 heavy (non-hydrogen) atoms. The predicted octanol–water partition coefficient (Wildman–Crippen LogP) is 3.00. The molecule has 0 fully saturated rings. The summed E-state index contributed by atoms with van der Waals surface area (Å²) in [6, 6.07) is 7.30. The number of rotatable bonds is 11. The van der Waals surface area contributed by atoms with Crippen LogP contribution in [0.25, 0.3) is 0 Å². The van der Waals surface area contributed by atoms with Crippen molar-refractivity contribution >= 4 is 33.5 Å². The first-order valence-corrected chi connectivity index (χ1v) is 12.3. The maximum absolute atomic E-state index is 12.9. The van der Waals surface area contributed by atoms with Crippen molar-refractivity contribution in [1.29, 1.82) is 0 Å². The third-order valence-electron chi connectivity index (χ3n) is 4.54. The number of pyridine rings is 1. The molecule has 11 nitrogen and oxygen atoms in total. The summed E-state index contributed by atoms with van der Waals surface area (Å²) in [6.45, 7) is 6.13. The summed E-state index contributed by atoms with van der Waals surface area (Å²) in [5, 5.41) is 16.4. The van der Waals surface area contributed by atoms with Crippen LogP contribution in [0.2, 0.25) is 0 Å². The Bertz CT molecular complexity index is 1160. The molecular formula is C22H29F3N4O7S. The lowest BCUT2D eigenvalue weighted by molar-refractivity contribution is -0.192. The minimum Gasteiger partial charge on any atom is -0.494 e.